The molecule has 0 bridgehead atoms. The number of aromatic hydroxyl groups is 1. The van der Waals surface area contributed by atoms with Crippen molar-refractivity contribution in [1.29, 1.82) is 0 Å². The topological polar surface area (TPSA) is 46.5 Å². The average Bonchev–Trinajstić information content (AvgIpc) is 2.74. The highest BCUT2D eigenvalue weighted by Gasteiger charge is 2.13. The summed E-state index contributed by atoms with van der Waals surface area (Å²) in [5.74, 6) is -0.0964. The molecule has 28 heavy (non-hydrogen) atoms. The van der Waals surface area contributed by atoms with Gasteiger partial charge in [0, 0.05) is 5.39 Å². The van der Waals surface area contributed by atoms with Crippen molar-refractivity contribution < 1.29 is 14.6 Å². The highest BCUT2D eigenvalue weighted by Crippen LogP contribution is 2.39. The summed E-state index contributed by atoms with van der Waals surface area (Å²) in [7, 11) is 0. The van der Waals surface area contributed by atoms with E-state index >= 15 is 0 Å². The van der Waals surface area contributed by atoms with E-state index in [1.165, 1.54) is 0 Å². The summed E-state index contributed by atoms with van der Waals surface area (Å²) in [5.41, 5.74) is 4.53. The monoisotopic (exact) mass is 368 g/mol. The molecule has 4 aromatic carbocycles. The Balaban J connectivity index is 1.86. The number of carbonyl (C=O) groups is 1. The highest BCUT2D eigenvalue weighted by molar-refractivity contribution is 6.07. The van der Waals surface area contributed by atoms with Gasteiger partial charge in [0.1, 0.15) is 5.75 Å². The molecule has 4 aromatic rings. The summed E-state index contributed by atoms with van der Waals surface area (Å²) in [6, 6.07) is 27.1. The molecule has 0 saturated carbocycles. The van der Waals surface area contributed by atoms with Crippen molar-refractivity contribution in [2.24, 2.45) is 0 Å². The smallest absolute Gasteiger partial charge is 0.338 e. The van der Waals surface area contributed by atoms with Gasteiger partial charge in [0.05, 0.1) is 12.2 Å². The zero-order valence-electron chi connectivity index (χ0n) is 15.6. The summed E-state index contributed by atoms with van der Waals surface area (Å²) in [4.78, 5) is 11.9. The first kappa shape index (κ1) is 17.8. The maximum absolute atomic E-state index is 11.9. The molecule has 0 radical (unpaired) electrons. The van der Waals surface area contributed by atoms with Gasteiger partial charge >= 0.3 is 5.97 Å². The van der Waals surface area contributed by atoms with Gasteiger partial charge in [-0.05, 0) is 52.8 Å². The highest BCUT2D eigenvalue weighted by atomic mass is 16.5. The van der Waals surface area contributed by atoms with Crippen LogP contribution < -0.4 is 0 Å². The fourth-order valence-corrected chi connectivity index (χ4v) is 3.50. The Kier molecular flexibility index (Phi) is 4.81. The van der Waals surface area contributed by atoms with Crippen LogP contribution >= 0.6 is 0 Å². The number of hydrogen-bond donors (Lipinski definition) is 1. The largest absolute Gasteiger partial charge is 0.507 e. The van der Waals surface area contributed by atoms with Gasteiger partial charge in [-0.3, -0.25) is 0 Å². The van der Waals surface area contributed by atoms with Crippen LogP contribution in [0.1, 0.15) is 17.3 Å². The molecular formula is C25H20O3. The van der Waals surface area contributed by atoms with Crippen molar-refractivity contribution in [3.05, 3.63) is 90.5 Å². The van der Waals surface area contributed by atoms with E-state index in [0.29, 0.717) is 12.2 Å². The third-order valence-electron chi connectivity index (χ3n) is 4.81. The van der Waals surface area contributed by atoms with Gasteiger partial charge in [-0.15, -0.1) is 0 Å². The van der Waals surface area contributed by atoms with Gasteiger partial charge < -0.3 is 9.84 Å². The molecular weight excluding hydrogens is 348 g/mol. The lowest BCUT2D eigenvalue weighted by Crippen LogP contribution is -2.04. The molecule has 0 heterocycles. The zero-order chi connectivity index (χ0) is 19.5. The van der Waals surface area contributed by atoms with Gasteiger partial charge in [-0.2, -0.15) is 0 Å². The molecule has 0 aliphatic carbocycles. The van der Waals surface area contributed by atoms with Crippen molar-refractivity contribution in [3.63, 3.8) is 0 Å². The van der Waals surface area contributed by atoms with Crippen molar-refractivity contribution >= 4 is 16.7 Å². The van der Waals surface area contributed by atoms with Crippen LogP contribution in [0.25, 0.3) is 33.0 Å². The van der Waals surface area contributed by atoms with Gasteiger partial charge in [-0.1, -0.05) is 66.7 Å². The lowest BCUT2D eigenvalue weighted by Gasteiger charge is -2.13. The van der Waals surface area contributed by atoms with Gasteiger partial charge in [0.25, 0.3) is 0 Å². The molecule has 0 aliphatic rings. The van der Waals surface area contributed by atoms with Crippen LogP contribution in [0.15, 0.2) is 84.9 Å². The lowest BCUT2D eigenvalue weighted by atomic mass is 9.92. The molecule has 3 heteroatoms. The van der Waals surface area contributed by atoms with E-state index in [2.05, 4.69) is 12.1 Å². The number of fused-ring (bicyclic) bond motifs is 1. The summed E-state index contributed by atoms with van der Waals surface area (Å²) in [6.07, 6.45) is 0. The molecule has 0 spiro atoms. The van der Waals surface area contributed by atoms with Crippen LogP contribution in [0.5, 0.6) is 5.75 Å². The molecule has 0 aliphatic heterocycles. The van der Waals surface area contributed by atoms with E-state index in [1.807, 2.05) is 54.6 Å². The van der Waals surface area contributed by atoms with Crippen molar-refractivity contribution in [1.82, 2.24) is 0 Å². The Morgan fingerprint density at radius 2 is 1.50 bits per heavy atom. The molecule has 0 aromatic heterocycles. The van der Waals surface area contributed by atoms with E-state index in [0.717, 1.165) is 33.0 Å². The quantitative estimate of drug-likeness (QED) is 0.446. The molecule has 0 fully saturated rings. The van der Waals surface area contributed by atoms with Gasteiger partial charge in [0.2, 0.25) is 0 Å². The second-order valence-electron chi connectivity index (χ2n) is 6.52. The van der Waals surface area contributed by atoms with Crippen LogP contribution in [0, 0.1) is 0 Å². The number of phenolic OH excluding ortho intramolecular Hbond substituents is 1. The summed E-state index contributed by atoms with van der Waals surface area (Å²) < 4.78 is 5.05. The van der Waals surface area contributed by atoms with Crippen LogP contribution in [0.4, 0.5) is 0 Å². The predicted octanol–water partition coefficient (Wildman–Crippen LogP) is 6.06. The van der Waals surface area contributed by atoms with Crippen LogP contribution in [-0.4, -0.2) is 17.7 Å². The summed E-state index contributed by atoms with van der Waals surface area (Å²) >= 11 is 0. The van der Waals surface area contributed by atoms with Crippen LogP contribution in [0.2, 0.25) is 0 Å². The minimum absolute atomic E-state index is 0.236. The fraction of sp³-hybridized carbons (Fsp3) is 0.0800. The average molecular weight is 368 g/mol. The van der Waals surface area contributed by atoms with Crippen LogP contribution in [-0.2, 0) is 4.74 Å². The molecule has 138 valence electrons. The number of benzene rings is 4. The van der Waals surface area contributed by atoms with E-state index in [4.69, 9.17) is 4.74 Å². The van der Waals surface area contributed by atoms with Crippen molar-refractivity contribution in [3.8, 4) is 28.0 Å². The number of ether oxygens (including phenoxy) is 1. The number of rotatable bonds is 4. The molecule has 0 atom stereocenters. The van der Waals surface area contributed by atoms with E-state index in [-0.39, 0.29) is 11.7 Å². The number of esters is 1. The predicted molar refractivity (Wildman–Crippen MR) is 112 cm³/mol. The number of carbonyl (C=O) groups excluding carboxylic acids is 1. The Morgan fingerprint density at radius 1 is 0.786 bits per heavy atom. The number of phenols is 1. The normalized spacial score (nSPS) is 10.8. The minimum atomic E-state index is -0.332. The standard InChI is InChI=1S/C25H20O3/c1-2-28-25(27)19-13-11-18(12-14-19)21-9-6-10-22-20(15-16-23(26)24(21)22)17-7-4-3-5-8-17/h3-16,26H,2H2,1H3. The third kappa shape index (κ3) is 3.23. The Morgan fingerprint density at radius 3 is 2.21 bits per heavy atom. The van der Waals surface area contributed by atoms with E-state index in [1.54, 1.807) is 25.1 Å². The molecule has 0 amide bonds. The summed E-state index contributed by atoms with van der Waals surface area (Å²) in [5, 5.41) is 12.4. The fourth-order valence-electron chi connectivity index (χ4n) is 3.50. The zero-order valence-corrected chi connectivity index (χ0v) is 15.6. The number of hydrogen-bond acceptors (Lipinski definition) is 3. The molecule has 0 saturated heterocycles. The molecule has 4 rings (SSSR count). The first-order valence-electron chi connectivity index (χ1n) is 9.26. The Bertz CT molecular complexity index is 1130. The van der Waals surface area contributed by atoms with E-state index in [9.17, 15) is 9.90 Å². The molecule has 1 N–H and O–H groups in total. The van der Waals surface area contributed by atoms with Crippen molar-refractivity contribution in [2.75, 3.05) is 6.61 Å². The van der Waals surface area contributed by atoms with Gasteiger partial charge in [-0.25, -0.2) is 4.79 Å². The second kappa shape index (κ2) is 7.57. The molecule has 0 unspecified atom stereocenters. The Hall–Kier alpha value is -3.59. The van der Waals surface area contributed by atoms with Crippen LogP contribution in [0.3, 0.4) is 0 Å². The maximum Gasteiger partial charge on any atom is 0.338 e. The Labute approximate surface area is 163 Å². The molecule has 3 nitrogen and oxygen atoms in total. The van der Waals surface area contributed by atoms with E-state index < -0.39 is 0 Å². The minimum Gasteiger partial charge on any atom is -0.507 e. The maximum atomic E-state index is 11.9. The summed E-state index contributed by atoms with van der Waals surface area (Å²) in [6.45, 7) is 2.13. The SMILES string of the molecule is CCOC(=O)c1ccc(-c2cccc3c(-c4ccccc4)ccc(O)c23)cc1. The first-order chi connectivity index (χ1) is 13.7. The third-order valence-corrected chi connectivity index (χ3v) is 4.81. The lowest BCUT2D eigenvalue weighted by molar-refractivity contribution is 0.0526. The van der Waals surface area contributed by atoms with Crippen molar-refractivity contribution in [2.45, 2.75) is 6.92 Å². The second-order valence-corrected chi connectivity index (χ2v) is 6.52. The van der Waals surface area contributed by atoms with Gasteiger partial charge in [0.15, 0.2) is 0 Å². The first-order valence-corrected chi connectivity index (χ1v) is 9.26.